The van der Waals surface area contributed by atoms with Crippen LogP contribution in [0.3, 0.4) is 0 Å². The molecule has 14 heavy (non-hydrogen) atoms. The summed E-state index contributed by atoms with van der Waals surface area (Å²) in [5.74, 6) is 0. The number of thioether (sulfide) groups is 1. The Labute approximate surface area is 90.5 Å². The average molecular weight is 210 g/mol. The van der Waals surface area contributed by atoms with Crippen LogP contribution < -0.4 is 5.32 Å². The third-order valence-electron chi connectivity index (χ3n) is 2.30. The molecule has 0 aromatic carbocycles. The van der Waals surface area contributed by atoms with E-state index in [1.807, 2.05) is 12.5 Å². The minimum Gasteiger partial charge on any atom is -0.381 e. The lowest BCUT2D eigenvalue weighted by Crippen LogP contribution is -2.16. The van der Waals surface area contributed by atoms with Crippen LogP contribution in [0.2, 0.25) is 0 Å². The van der Waals surface area contributed by atoms with Gasteiger partial charge in [0, 0.05) is 6.04 Å². The maximum absolute atomic E-state index is 4.32. The molecule has 1 N–H and O–H groups in total. The van der Waals surface area contributed by atoms with Gasteiger partial charge in [0.15, 0.2) is 0 Å². The third-order valence-corrected chi connectivity index (χ3v) is 2.96. The van der Waals surface area contributed by atoms with Crippen molar-refractivity contribution >= 4 is 17.4 Å². The normalized spacial score (nSPS) is 10.6. The molecule has 0 amide bonds. The maximum atomic E-state index is 4.32. The first-order chi connectivity index (χ1) is 6.80. The molecule has 0 unspecified atom stereocenters. The average Bonchev–Trinajstić information content (AvgIpc) is 2.26. The van der Waals surface area contributed by atoms with E-state index in [4.69, 9.17) is 0 Å². The maximum Gasteiger partial charge on any atom is 0.0958 e. The van der Waals surface area contributed by atoms with Crippen molar-refractivity contribution in [2.24, 2.45) is 0 Å². The van der Waals surface area contributed by atoms with Crippen molar-refractivity contribution < 1.29 is 0 Å². The predicted octanol–water partition coefficient (Wildman–Crippen LogP) is 3.40. The van der Waals surface area contributed by atoms with Crippen molar-refractivity contribution in [1.82, 2.24) is 4.98 Å². The molecule has 0 bridgehead atoms. The summed E-state index contributed by atoms with van der Waals surface area (Å²) in [6.07, 6.45) is 6.25. The van der Waals surface area contributed by atoms with Crippen molar-refractivity contribution in [3.8, 4) is 0 Å². The van der Waals surface area contributed by atoms with Crippen LogP contribution in [-0.2, 0) is 0 Å². The lowest BCUT2D eigenvalue weighted by molar-refractivity contribution is 0.671. The van der Waals surface area contributed by atoms with Crippen LogP contribution in [-0.4, -0.2) is 17.3 Å². The molecule has 0 aliphatic heterocycles. The summed E-state index contributed by atoms with van der Waals surface area (Å²) in [6.45, 7) is 4.40. The Morgan fingerprint density at radius 3 is 2.50 bits per heavy atom. The zero-order valence-corrected chi connectivity index (χ0v) is 9.90. The van der Waals surface area contributed by atoms with Crippen molar-refractivity contribution in [3.63, 3.8) is 0 Å². The lowest BCUT2D eigenvalue weighted by atomic mass is 10.1. The van der Waals surface area contributed by atoms with Crippen molar-refractivity contribution in [3.05, 3.63) is 18.3 Å². The Hall–Kier alpha value is -0.700. The summed E-state index contributed by atoms with van der Waals surface area (Å²) < 4.78 is 0. The van der Waals surface area contributed by atoms with Crippen LogP contribution in [0, 0.1) is 0 Å². The van der Waals surface area contributed by atoms with E-state index in [9.17, 15) is 0 Å². The molecule has 0 radical (unpaired) electrons. The smallest absolute Gasteiger partial charge is 0.0958 e. The molecule has 0 saturated carbocycles. The fourth-order valence-electron chi connectivity index (χ4n) is 1.31. The van der Waals surface area contributed by atoms with E-state index in [-0.39, 0.29) is 0 Å². The zero-order chi connectivity index (χ0) is 10.4. The Kier molecular flexibility index (Phi) is 4.80. The highest BCUT2D eigenvalue weighted by atomic mass is 32.2. The van der Waals surface area contributed by atoms with Gasteiger partial charge in [0.25, 0.3) is 0 Å². The minimum absolute atomic E-state index is 0.567. The second-order valence-electron chi connectivity index (χ2n) is 3.25. The number of nitrogens with one attached hydrogen (secondary N) is 1. The van der Waals surface area contributed by atoms with Gasteiger partial charge in [-0.1, -0.05) is 13.8 Å². The van der Waals surface area contributed by atoms with E-state index in [1.165, 1.54) is 0 Å². The number of hydrogen-bond donors (Lipinski definition) is 1. The van der Waals surface area contributed by atoms with E-state index < -0.39 is 0 Å². The zero-order valence-electron chi connectivity index (χ0n) is 9.08. The summed E-state index contributed by atoms with van der Waals surface area (Å²) in [5.41, 5.74) is 1.12. The largest absolute Gasteiger partial charge is 0.381 e. The molecular formula is C11H18N2S. The van der Waals surface area contributed by atoms with Crippen LogP contribution in [0.25, 0.3) is 0 Å². The number of pyridine rings is 1. The number of anilines is 1. The Morgan fingerprint density at radius 1 is 1.36 bits per heavy atom. The van der Waals surface area contributed by atoms with E-state index in [0.29, 0.717) is 6.04 Å². The fraction of sp³-hybridized carbons (Fsp3) is 0.545. The summed E-state index contributed by atoms with van der Waals surface area (Å²) in [5, 5.41) is 4.53. The number of nitrogens with zero attached hydrogens (tertiary/aromatic N) is 1. The molecule has 0 aliphatic rings. The molecule has 1 aromatic heterocycles. The SMILES string of the molecule is CCC(CC)Nc1ccc(SC)nc1. The Morgan fingerprint density at radius 2 is 2.07 bits per heavy atom. The van der Waals surface area contributed by atoms with Gasteiger partial charge in [-0.2, -0.15) is 0 Å². The van der Waals surface area contributed by atoms with Gasteiger partial charge in [-0.05, 0) is 31.2 Å². The van der Waals surface area contributed by atoms with Gasteiger partial charge < -0.3 is 5.32 Å². The molecule has 1 heterocycles. The minimum atomic E-state index is 0.567. The molecule has 1 aromatic rings. The third kappa shape index (κ3) is 3.22. The van der Waals surface area contributed by atoms with Crippen LogP contribution in [0.5, 0.6) is 0 Å². The van der Waals surface area contributed by atoms with Gasteiger partial charge in [0.2, 0.25) is 0 Å². The molecule has 0 saturated heterocycles. The van der Waals surface area contributed by atoms with E-state index >= 15 is 0 Å². The molecule has 78 valence electrons. The van der Waals surface area contributed by atoms with Gasteiger partial charge in [-0.15, -0.1) is 11.8 Å². The molecule has 0 fully saturated rings. The van der Waals surface area contributed by atoms with Crippen LogP contribution in [0.1, 0.15) is 26.7 Å². The number of hydrogen-bond acceptors (Lipinski definition) is 3. The van der Waals surface area contributed by atoms with Crippen LogP contribution >= 0.6 is 11.8 Å². The molecular weight excluding hydrogens is 192 g/mol. The molecule has 0 spiro atoms. The second-order valence-corrected chi connectivity index (χ2v) is 4.07. The highest BCUT2D eigenvalue weighted by molar-refractivity contribution is 7.98. The van der Waals surface area contributed by atoms with Crippen LogP contribution in [0.4, 0.5) is 5.69 Å². The molecule has 3 heteroatoms. The molecule has 0 aliphatic carbocycles. The van der Waals surface area contributed by atoms with Gasteiger partial charge in [0.05, 0.1) is 16.9 Å². The fourth-order valence-corrected chi connectivity index (χ4v) is 1.68. The van der Waals surface area contributed by atoms with Gasteiger partial charge in [0.1, 0.15) is 0 Å². The van der Waals surface area contributed by atoms with E-state index in [1.54, 1.807) is 11.8 Å². The Balaban J connectivity index is 2.58. The second kappa shape index (κ2) is 5.91. The first-order valence-electron chi connectivity index (χ1n) is 5.06. The molecule has 2 nitrogen and oxygen atoms in total. The molecule has 0 atom stereocenters. The van der Waals surface area contributed by atoms with E-state index in [0.717, 1.165) is 23.6 Å². The lowest BCUT2D eigenvalue weighted by Gasteiger charge is -2.15. The highest BCUT2D eigenvalue weighted by Gasteiger charge is 2.02. The van der Waals surface area contributed by atoms with Gasteiger partial charge in [-0.25, -0.2) is 4.98 Å². The van der Waals surface area contributed by atoms with Crippen molar-refractivity contribution in [2.75, 3.05) is 11.6 Å². The molecule has 1 rings (SSSR count). The summed E-state index contributed by atoms with van der Waals surface area (Å²) in [6, 6.07) is 4.71. The highest BCUT2D eigenvalue weighted by Crippen LogP contribution is 2.15. The monoisotopic (exact) mass is 210 g/mol. The number of aromatic nitrogens is 1. The van der Waals surface area contributed by atoms with Crippen molar-refractivity contribution in [2.45, 2.75) is 37.8 Å². The van der Waals surface area contributed by atoms with Crippen LogP contribution in [0.15, 0.2) is 23.4 Å². The topological polar surface area (TPSA) is 24.9 Å². The van der Waals surface area contributed by atoms with E-state index in [2.05, 4.69) is 36.3 Å². The quantitative estimate of drug-likeness (QED) is 0.754. The van der Waals surface area contributed by atoms with Crippen molar-refractivity contribution in [1.29, 1.82) is 0 Å². The summed E-state index contributed by atoms with van der Waals surface area (Å²) >= 11 is 1.67. The first kappa shape index (κ1) is 11.4. The summed E-state index contributed by atoms with van der Waals surface area (Å²) in [4.78, 5) is 4.32. The first-order valence-corrected chi connectivity index (χ1v) is 6.29. The predicted molar refractivity (Wildman–Crippen MR) is 64.0 cm³/mol. The Bertz CT molecular complexity index is 254. The van der Waals surface area contributed by atoms with Gasteiger partial charge in [-0.3, -0.25) is 0 Å². The standard InChI is InChI=1S/C11H18N2S/c1-4-9(5-2)13-10-6-7-11(14-3)12-8-10/h6-9,13H,4-5H2,1-3H3. The summed E-state index contributed by atoms with van der Waals surface area (Å²) in [7, 11) is 0. The number of rotatable bonds is 5. The van der Waals surface area contributed by atoms with Gasteiger partial charge >= 0.3 is 0 Å².